The molecule has 0 radical (unpaired) electrons. The molecule has 0 aliphatic heterocycles. The monoisotopic (exact) mass is 222 g/mol. The molecule has 0 saturated carbocycles. The fourth-order valence-electron chi connectivity index (χ4n) is 0.944. The summed E-state index contributed by atoms with van der Waals surface area (Å²) in [5.74, 6) is 0.275. The molecule has 0 bridgehead atoms. The Morgan fingerprint density at radius 2 is 2.06 bits per heavy atom. The lowest BCUT2D eigenvalue weighted by Gasteiger charge is -2.00. The Balaban J connectivity index is 2.36. The molecule has 1 aromatic rings. The summed E-state index contributed by atoms with van der Waals surface area (Å²) < 4.78 is 9.92. The highest BCUT2D eigenvalue weighted by molar-refractivity contribution is 5.81. The molecule has 0 aromatic heterocycles. The van der Waals surface area contributed by atoms with Crippen molar-refractivity contribution in [3.8, 4) is 11.5 Å². The third-order valence-electron chi connectivity index (χ3n) is 1.69. The van der Waals surface area contributed by atoms with Crippen molar-refractivity contribution in [1.82, 2.24) is 0 Å². The van der Waals surface area contributed by atoms with Gasteiger partial charge in [0, 0.05) is 0 Å². The molecule has 4 heteroatoms. The molecule has 1 aromatic carbocycles. The Bertz CT molecular complexity index is 354. The van der Waals surface area contributed by atoms with Crippen LogP contribution in [0.25, 0.3) is 0 Å². The molecule has 4 nitrogen and oxygen atoms in total. The average molecular weight is 222 g/mol. The number of aromatic hydroxyl groups is 1. The molecule has 0 atom stereocenters. The molecule has 0 amide bonds. The lowest BCUT2D eigenvalue weighted by molar-refractivity contribution is -0.137. The number of phenols is 1. The Morgan fingerprint density at radius 3 is 2.69 bits per heavy atom. The molecule has 0 saturated heterocycles. The van der Waals surface area contributed by atoms with E-state index in [4.69, 9.17) is 14.6 Å². The largest absolute Gasteiger partial charge is 0.508 e. The molecule has 0 unspecified atom stereocenters. The van der Waals surface area contributed by atoms with Crippen LogP contribution in [0.2, 0.25) is 0 Å². The summed E-state index contributed by atoms with van der Waals surface area (Å²) in [6, 6.07) is 6.19. The lowest BCUT2D eigenvalue weighted by atomic mass is 10.3. The number of hydrogen-bond donors (Lipinski definition) is 1. The van der Waals surface area contributed by atoms with Crippen molar-refractivity contribution < 1.29 is 19.4 Å². The van der Waals surface area contributed by atoms with Crippen LogP contribution in [0.5, 0.6) is 11.5 Å². The Kier molecular flexibility index (Phi) is 4.92. The molecule has 1 N–H and O–H groups in total. The van der Waals surface area contributed by atoms with E-state index in [1.807, 2.05) is 6.92 Å². The van der Waals surface area contributed by atoms with Gasteiger partial charge in [0.05, 0.1) is 18.9 Å². The Hall–Kier alpha value is -1.97. The molecule has 0 aliphatic rings. The summed E-state index contributed by atoms with van der Waals surface area (Å²) in [6.45, 7) is 2.33. The normalized spacial score (nSPS) is 10.3. The molecular weight excluding hydrogens is 208 g/mol. The van der Waals surface area contributed by atoms with Crippen molar-refractivity contribution in [2.45, 2.75) is 13.3 Å². The molecule has 1 rings (SSSR count). The molecule has 86 valence electrons. The van der Waals surface area contributed by atoms with Gasteiger partial charge in [-0.3, -0.25) is 0 Å². The van der Waals surface area contributed by atoms with E-state index in [0.717, 1.165) is 6.42 Å². The average Bonchev–Trinajstić information content (AvgIpc) is 2.29. The first-order valence-corrected chi connectivity index (χ1v) is 5.01. The summed E-state index contributed by atoms with van der Waals surface area (Å²) in [4.78, 5) is 11.0. The second-order valence-electron chi connectivity index (χ2n) is 3.08. The number of ether oxygens (including phenoxy) is 2. The molecular formula is C12H14O4. The first-order valence-electron chi connectivity index (χ1n) is 5.01. The van der Waals surface area contributed by atoms with Crippen LogP contribution in [-0.4, -0.2) is 17.7 Å². The van der Waals surface area contributed by atoms with Crippen LogP contribution in [0.3, 0.4) is 0 Å². The highest BCUT2D eigenvalue weighted by atomic mass is 16.5. The second-order valence-corrected chi connectivity index (χ2v) is 3.08. The molecule has 0 spiro atoms. The smallest absolute Gasteiger partial charge is 0.333 e. The van der Waals surface area contributed by atoms with Gasteiger partial charge in [-0.2, -0.15) is 0 Å². The number of carbonyl (C=O) groups is 1. The Morgan fingerprint density at radius 1 is 1.38 bits per heavy atom. The predicted octanol–water partition coefficient (Wildman–Crippen LogP) is 2.24. The van der Waals surface area contributed by atoms with E-state index < -0.39 is 5.97 Å². The SMILES string of the molecule is CCCOC(=O)C=COc1ccc(O)cc1. The fourth-order valence-corrected chi connectivity index (χ4v) is 0.944. The first-order chi connectivity index (χ1) is 7.72. The third kappa shape index (κ3) is 4.50. The van der Waals surface area contributed by atoms with Gasteiger partial charge in [0.25, 0.3) is 0 Å². The summed E-state index contributed by atoms with van der Waals surface area (Å²) in [6.07, 6.45) is 3.26. The van der Waals surface area contributed by atoms with Crippen LogP contribution in [0, 0.1) is 0 Å². The van der Waals surface area contributed by atoms with Crippen LogP contribution < -0.4 is 4.74 Å². The maximum absolute atomic E-state index is 11.0. The number of esters is 1. The highest BCUT2D eigenvalue weighted by Gasteiger charge is 1.95. The van der Waals surface area contributed by atoms with E-state index in [1.54, 1.807) is 12.1 Å². The topological polar surface area (TPSA) is 55.8 Å². The predicted molar refractivity (Wildman–Crippen MR) is 59.1 cm³/mol. The first kappa shape index (κ1) is 12.1. The van der Waals surface area contributed by atoms with Crippen LogP contribution in [-0.2, 0) is 9.53 Å². The molecule has 0 fully saturated rings. The van der Waals surface area contributed by atoms with Gasteiger partial charge in [-0.05, 0) is 30.7 Å². The second kappa shape index (κ2) is 6.50. The van der Waals surface area contributed by atoms with E-state index in [1.165, 1.54) is 24.5 Å². The van der Waals surface area contributed by atoms with Crippen molar-refractivity contribution in [3.63, 3.8) is 0 Å². The zero-order valence-electron chi connectivity index (χ0n) is 9.05. The molecule has 0 heterocycles. The van der Waals surface area contributed by atoms with Crippen LogP contribution in [0.15, 0.2) is 36.6 Å². The van der Waals surface area contributed by atoms with E-state index >= 15 is 0 Å². The van der Waals surface area contributed by atoms with Gasteiger partial charge in [-0.1, -0.05) is 6.92 Å². The highest BCUT2D eigenvalue weighted by Crippen LogP contribution is 2.15. The number of rotatable bonds is 5. The maximum atomic E-state index is 11.0. The fraction of sp³-hybridized carbons (Fsp3) is 0.250. The number of benzene rings is 1. The summed E-state index contributed by atoms with van der Waals surface area (Å²) in [5.41, 5.74) is 0. The Labute approximate surface area is 94.1 Å². The van der Waals surface area contributed by atoms with Gasteiger partial charge in [-0.25, -0.2) is 4.79 Å². The van der Waals surface area contributed by atoms with E-state index in [9.17, 15) is 4.79 Å². The zero-order valence-corrected chi connectivity index (χ0v) is 9.05. The van der Waals surface area contributed by atoms with Crippen molar-refractivity contribution in [3.05, 3.63) is 36.6 Å². The quantitative estimate of drug-likeness (QED) is 0.471. The van der Waals surface area contributed by atoms with E-state index in [-0.39, 0.29) is 5.75 Å². The van der Waals surface area contributed by atoms with Crippen LogP contribution in [0.4, 0.5) is 0 Å². The maximum Gasteiger partial charge on any atom is 0.333 e. The van der Waals surface area contributed by atoms with Crippen LogP contribution in [0.1, 0.15) is 13.3 Å². The van der Waals surface area contributed by atoms with E-state index in [2.05, 4.69) is 0 Å². The van der Waals surface area contributed by atoms with Crippen molar-refractivity contribution in [2.24, 2.45) is 0 Å². The van der Waals surface area contributed by atoms with Crippen molar-refractivity contribution in [1.29, 1.82) is 0 Å². The lowest BCUT2D eigenvalue weighted by Crippen LogP contribution is -2.01. The summed E-state index contributed by atoms with van der Waals surface area (Å²) in [5, 5.41) is 9.02. The zero-order chi connectivity index (χ0) is 11.8. The van der Waals surface area contributed by atoms with Crippen LogP contribution >= 0.6 is 0 Å². The van der Waals surface area contributed by atoms with Crippen molar-refractivity contribution in [2.75, 3.05) is 6.61 Å². The number of carbonyl (C=O) groups excluding carboxylic acids is 1. The molecule has 16 heavy (non-hydrogen) atoms. The van der Waals surface area contributed by atoms with Crippen molar-refractivity contribution >= 4 is 5.97 Å². The summed E-state index contributed by atoms with van der Waals surface area (Å²) >= 11 is 0. The van der Waals surface area contributed by atoms with Gasteiger partial charge in [0.15, 0.2) is 0 Å². The van der Waals surface area contributed by atoms with Gasteiger partial charge < -0.3 is 14.6 Å². The van der Waals surface area contributed by atoms with Gasteiger partial charge >= 0.3 is 5.97 Å². The third-order valence-corrected chi connectivity index (χ3v) is 1.69. The van der Waals surface area contributed by atoms with Gasteiger partial charge in [0.1, 0.15) is 11.5 Å². The summed E-state index contributed by atoms with van der Waals surface area (Å²) in [7, 11) is 0. The van der Waals surface area contributed by atoms with Gasteiger partial charge in [-0.15, -0.1) is 0 Å². The minimum Gasteiger partial charge on any atom is -0.508 e. The molecule has 0 aliphatic carbocycles. The number of hydrogen-bond acceptors (Lipinski definition) is 4. The minimum absolute atomic E-state index is 0.165. The standard InChI is InChI=1S/C12H14O4/c1-2-8-16-12(14)7-9-15-11-5-3-10(13)4-6-11/h3-7,9,13H,2,8H2,1H3. The van der Waals surface area contributed by atoms with E-state index in [0.29, 0.717) is 12.4 Å². The number of phenolic OH excluding ortho intramolecular Hbond substituents is 1. The van der Waals surface area contributed by atoms with Gasteiger partial charge in [0.2, 0.25) is 0 Å². The minimum atomic E-state index is -0.430.